The van der Waals surface area contributed by atoms with E-state index >= 15 is 0 Å². The summed E-state index contributed by atoms with van der Waals surface area (Å²) >= 11 is 1.54. The molecular formula is C20H20N4OS. The van der Waals surface area contributed by atoms with Gasteiger partial charge in [-0.1, -0.05) is 49.6 Å². The highest BCUT2D eigenvalue weighted by Crippen LogP contribution is 2.55. The van der Waals surface area contributed by atoms with Crippen LogP contribution in [0.3, 0.4) is 0 Å². The van der Waals surface area contributed by atoms with E-state index in [-0.39, 0.29) is 11.8 Å². The Bertz CT molecular complexity index is 890. The first-order valence-corrected chi connectivity index (χ1v) is 9.82. The van der Waals surface area contributed by atoms with E-state index in [1.807, 2.05) is 35.7 Å². The van der Waals surface area contributed by atoms with E-state index in [0.29, 0.717) is 5.84 Å². The molecule has 2 aliphatic rings. The minimum absolute atomic E-state index is 0.257. The first-order chi connectivity index (χ1) is 12.7. The maximum Gasteiger partial charge on any atom is 0.265 e. The minimum Gasteiger partial charge on any atom is -0.386 e. The summed E-state index contributed by atoms with van der Waals surface area (Å²) in [4.78, 5) is 21.3. The Balaban J connectivity index is 1.80. The smallest absolute Gasteiger partial charge is 0.265 e. The Morgan fingerprint density at radius 2 is 1.92 bits per heavy atom. The zero-order chi connectivity index (χ0) is 18.1. The second-order valence-electron chi connectivity index (χ2n) is 7.10. The van der Waals surface area contributed by atoms with Crippen LogP contribution in [0.4, 0.5) is 0 Å². The maximum absolute atomic E-state index is 12.4. The van der Waals surface area contributed by atoms with Gasteiger partial charge in [-0.05, 0) is 12.8 Å². The normalized spacial score (nSPS) is 24.9. The number of nitrogens with two attached hydrogens (primary N) is 1. The van der Waals surface area contributed by atoms with Gasteiger partial charge < -0.3 is 5.73 Å². The summed E-state index contributed by atoms with van der Waals surface area (Å²) in [6.45, 7) is 0. The van der Waals surface area contributed by atoms with Gasteiger partial charge in [0.15, 0.2) is 0 Å². The number of aromatic nitrogens is 1. The largest absolute Gasteiger partial charge is 0.386 e. The SMILES string of the molecule is N#C[C@H]1C(=O)N=C(N)[C@@H](c2nc(-c3ccccc3)cs2)C12CCCCC2. The molecule has 1 aliphatic carbocycles. The van der Waals surface area contributed by atoms with Gasteiger partial charge in [-0.3, -0.25) is 4.79 Å². The molecule has 132 valence electrons. The molecule has 1 aromatic heterocycles. The van der Waals surface area contributed by atoms with Crippen LogP contribution in [0.5, 0.6) is 0 Å². The summed E-state index contributed by atoms with van der Waals surface area (Å²) in [7, 11) is 0. The number of rotatable bonds is 2. The molecule has 2 aromatic rings. The number of hydrogen-bond acceptors (Lipinski definition) is 5. The lowest BCUT2D eigenvalue weighted by molar-refractivity contribution is -0.125. The molecule has 4 rings (SSSR count). The molecule has 0 unspecified atom stereocenters. The van der Waals surface area contributed by atoms with E-state index in [1.54, 1.807) is 11.3 Å². The van der Waals surface area contributed by atoms with Crippen LogP contribution in [-0.4, -0.2) is 16.7 Å². The van der Waals surface area contributed by atoms with E-state index in [4.69, 9.17) is 10.7 Å². The van der Waals surface area contributed by atoms with Gasteiger partial charge >= 0.3 is 0 Å². The Labute approximate surface area is 156 Å². The molecule has 1 aliphatic heterocycles. The van der Waals surface area contributed by atoms with Crippen LogP contribution < -0.4 is 5.73 Å². The van der Waals surface area contributed by atoms with Gasteiger partial charge in [0.2, 0.25) is 0 Å². The van der Waals surface area contributed by atoms with Crippen molar-refractivity contribution >= 4 is 23.1 Å². The van der Waals surface area contributed by atoms with Crippen LogP contribution in [0.1, 0.15) is 43.0 Å². The number of carbonyl (C=O) groups is 1. The summed E-state index contributed by atoms with van der Waals surface area (Å²) in [5.41, 5.74) is 7.73. The average molecular weight is 364 g/mol. The predicted octanol–water partition coefficient (Wildman–Crippen LogP) is 3.88. The van der Waals surface area contributed by atoms with E-state index in [1.165, 1.54) is 0 Å². The quantitative estimate of drug-likeness (QED) is 0.875. The first kappa shape index (κ1) is 16.9. The molecule has 1 spiro atoms. The highest BCUT2D eigenvalue weighted by molar-refractivity contribution is 7.10. The van der Waals surface area contributed by atoms with Crippen LogP contribution in [0.2, 0.25) is 0 Å². The number of nitriles is 1. The van der Waals surface area contributed by atoms with Crippen molar-refractivity contribution in [3.8, 4) is 17.3 Å². The molecule has 1 saturated carbocycles. The summed E-state index contributed by atoms with van der Waals surface area (Å²) in [6.07, 6.45) is 4.78. The number of amides is 1. The molecular weight excluding hydrogens is 344 g/mol. The Hall–Kier alpha value is -2.52. The Morgan fingerprint density at radius 3 is 2.62 bits per heavy atom. The fourth-order valence-corrected chi connectivity index (χ4v) is 5.53. The Kier molecular flexibility index (Phi) is 4.33. The third-order valence-corrected chi connectivity index (χ3v) is 6.59. The number of amidine groups is 1. The average Bonchev–Trinajstić information content (AvgIpc) is 3.12. The van der Waals surface area contributed by atoms with Gasteiger partial charge in [0.05, 0.1) is 17.7 Å². The van der Waals surface area contributed by atoms with Crippen LogP contribution in [-0.2, 0) is 4.79 Å². The van der Waals surface area contributed by atoms with Crippen molar-refractivity contribution in [3.63, 3.8) is 0 Å². The third kappa shape index (κ3) is 2.63. The van der Waals surface area contributed by atoms with Crippen LogP contribution in [0.15, 0.2) is 40.7 Å². The number of benzene rings is 1. The monoisotopic (exact) mass is 364 g/mol. The number of aliphatic imine (C=N–C) groups is 1. The number of carbonyl (C=O) groups excluding carboxylic acids is 1. The fourth-order valence-electron chi connectivity index (χ4n) is 4.47. The topological polar surface area (TPSA) is 92.1 Å². The van der Waals surface area contributed by atoms with Crippen molar-refractivity contribution in [1.82, 2.24) is 4.98 Å². The molecule has 5 nitrogen and oxygen atoms in total. The minimum atomic E-state index is -0.732. The lowest BCUT2D eigenvalue weighted by Gasteiger charge is -2.46. The van der Waals surface area contributed by atoms with E-state index in [0.717, 1.165) is 48.4 Å². The lowest BCUT2D eigenvalue weighted by atomic mass is 9.57. The number of hydrogen-bond donors (Lipinski definition) is 1. The van der Waals surface area contributed by atoms with Crippen molar-refractivity contribution in [2.24, 2.45) is 22.1 Å². The fraction of sp³-hybridized carbons (Fsp3) is 0.400. The van der Waals surface area contributed by atoms with Gasteiger partial charge in [0, 0.05) is 16.4 Å². The second-order valence-corrected chi connectivity index (χ2v) is 7.99. The molecule has 0 bridgehead atoms. The summed E-state index contributed by atoms with van der Waals surface area (Å²) in [5.74, 6) is -1.06. The molecule has 1 aromatic carbocycles. The van der Waals surface area contributed by atoms with Crippen LogP contribution in [0.25, 0.3) is 11.3 Å². The molecule has 0 saturated heterocycles. The van der Waals surface area contributed by atoms with E-state index in [2.05, 4.69) is 11.1 Å². The highest BCUT2D eigenvalue weighted by atomic mass is 32.1. The van der Waals surface area contributed by atoms with Crippen molar-refractivity contribution in [2.75, 3.05) is 0 Å². The third-order valence-electron chi connectivity index (χ3n) is 5.68. The number of nitrogens with zero attached hydrogens (tertiary/aromatic N) is 3. The van der Waals surface area contributed by atoms with Gasteiger partial charge in [-0.25, -0.2) is 4.98 Å². The zero-order valence-electron chi connectivity index (χ0n) is 14.4. The van der Waals surface area contributed by atoms with Crippen molar-refractivity contribution in [1.29, 1.82) is 5.26 Å². The molecule has 6 heteroatoms. The molecule has 1 amide bonds. The van der Waals surface area contributed by atoms with E-state index in [9.17, 15) is 10.1 Å². The van der Waals surface area contributed by atoms with Crippen LogP contribution >= 0.6 is 11.3 Å². The predicted molar refractivity (Wildman–Crippen MR) is 102 cm³/mol. The van der Waals surface area contributed by atoms with Gasteiger partial charge in [0.1, 0.15) is 16.8 Å². The molecule has 0 radical (unpaired) electrons. The highest BCUT2D eigenvalue weighted by Gasteiger charge is 2.55. The van der Waals surface area contributed by atoms with Crippen LogP contribution in [0, 0.1) is 22.7 Å². The van der Waals surface area contributed by atoms with Crippen molar-refractivity contribution in [2.45, 2.75) is 38.0 Å². The zero-order valence-corrected chi connectivity index (χ0v) is 15.2. The van der Waals surface area contributed by atoms with E-state index < -0.39 is 11.3 Å². The maximum atomic E-state index is 12.4. The molecule has 2 heterocycles. The molecule has 2 atom stereocenters. The first-order valence-electron chi connectivity index (χ1n) is 8.94. The summed E-state index contributed by atoms with van der Waals surface area (Å²) in [5, 5.41) is 12.6. The summed E-state index contributed by atoms with van der Waals surface area (Å²) in [6, 6.07) is 12.2. The van der Waals surface area contributed by atoms with Gasteiger partial charge in [-0.15, -0.1) is 11.3 Å². The molecule has 26 heavy (non-hydrogen) atoms. The molecule has 2 N–H and O–H groups in total. The van der Waals surface area contributed by atoms with Crippen molar-refractivity contribution in [3.05, 3.63) is 40.7 Å². The summed E-state index contributed by atoms with van der Waals surface area (Å²) < 4.78 is 0. The van der Waals surface area contributed by atoms with Gasteiger partial charge in [-0.2, -0.15) is 10.3 Å². The standard InChI is InChI=1S/C20H20N4OS/c21-11-14-18(25)24-17(22)16(20(14)9-5-2-6-10-20)19-23-15(12-26-19)13-7-3-1-4-8-13/h1,3-4,7-8,12,14,16H,2,5-6,9-10H2,(H2,22,24,25)/t14-,16-/m0/s1. The lowest BCUT2D eigenvalue weighted by Crippen LogP contribution is -2.50. The number of thiazole rings is 1. The van der Waals surface area contributed by atoms with Crippen molar-refractivity contribution < 1.29 is 4.79 Å². The Morgan fingerprint density at radius 1 is 1.19 bits per heavy atom. The van der Waals surface area contributed by atoms with Gasteiger partial charge in [0.25, 0.3) is 5.91 Å². The molecule has 1 fully saturated rings. The second kappa shape index (κ2) is 6.65.